The van der Waals surface area contributed by atoms with E-state index in [1.165, 1.54) is 6.26 Å². The minimum absolute atomic E-state index is 0.0876. The van der Waals surface area contributed by atoms with Crippen LogP contribution in [0.4, 0.5) is 0 Å². The van der Waals surface area contributed by atoms with Crippen molar-refractivity contribution in [1.29, 1.82) is 0 Å². The van der Waals surface area contributed by atoms with Gasteiger partial charge in [-0.15, -0.1) is 0 Å². The van der Waals surface area contributed by atoms with Crippen molar-refractivity contribution in [2.24, 2.45) is 0 Å². The lowest BCUT2D eigenvalue weighted by Crippen LogP contribution is -2.27. The van der Waals surface area contributed by atoms with Crippen LogP contribution in [0.2, 0.25) is 0 Å². The Hall–Kier alpha value is -1.89. The van der Waals surface area contributed by atoms with E-state index in [1.807, 2.05) is 12.1 Å². The van der Waals surface area contributed by atoms with Crippen LogP contribution in [0.1, 0.15) is 12.0 Å². The average Bonchev–Trinajstić information content (AvgIpc) is 2.77. The number of amides is 1. The summed E-state index contributed by atoms with van der Waals surface area (Å²) in [6.45, 7) is 0.368. The smallest absolute Gasteiger partial charge is 0.224 e. The summed E-state index contributed by atoms with van der Waals surface area (Å²) in [4.78, 5) is 19.0. The number of fused-ring (bicyclic) bond motifs is 1. The molecule has 1 amide bonds. The zero-order valence-electron chi connectivity index (χ0n) is 11.2. The molecule has 2 rings (SSSR count). The van der Waals surface area contributed by atoms with Gasteiger partial charge in [-0.3, -0.25) is 4.79 Å². The van der Waals surface area contributed by atoms with Gasteiger partial charge in [-0.05, 0) is 24.1 Å². The van der Waals surface area contributed by atoms with Gasteiger partial charge < -0.3 is 10.3 Å². The van der Waals surface area contributed by atoms with Crippen LogP contribution in [0.3, 0.4) is 0 Å². The van der Waals surface area contributed by atoms with Gasteiger partial charge in [0.1, 0.15) is 15.5 Å². The Balaban J connectivity index is 1.86. The minimum atomic E-state index is -2.97. The number of aromatic nitrogens is 2. The Morgan fingerprint density at radius 2 is 2.25 bits per heavy atom. The van der Waals surface area contributed by atoms with E-state index in [-0.39, 0.29) is 18.1 Å². The number of sulfone groups is 1. The van der Waals surface area contributed by atoms with E-state index in [0.717, 1.165) is 16.6 Å². The Bertz CT molecular complexity index is 706. The van der Waals surface area contributed by atoms with Crippen LogP contribution in [0.25, 0.3) is 11.0 Å². The van der Waals surface area contributed by atoms with Crippen molar-refractivity contribution in [2.75, 3.05) is 18.6 Å². The van der Waals surface area contributed by atoms with Crippen LogP contribution in [0, 0.1) is 0 Å². The highest BCUT2D eigenvalue weighted by atomic mass is 32.2. The highest BCUT2D eigenvalue weighted by Gasteiger charge is 2.09. The standard InChI is InChI=1S/C13H17N3O3S/c1-20(18,19)7-3-6-14-12(17)8-10-9-16-13-11(10)4-2-5-15-13/h2,4-5,9H,3,6-8H2,1H3,(H,14,17)(H,15,16). The van der Waals surface area contributed by atoms with Crippen LogP contribution in [0.5, 0.6) is 0 Å². The number of nitrogens with one attached hydrogen (secondary N) is 2. The summed E-state index contributed by atoms with van der Waals surface area (Å²) in [6, 6.07) is 3.73. The second kappa shape index (κ2) is 6.04. The maximum atomic E-state index is 11.8. The number of H-pyrrole nitrogens is 1. The predicted molar refractivity (Wildman–Crippen MR) is 77.1 cm³/mol. The molecule has 7 heteroatoms. The first-order valence-electron chi connectivity index (χ1n) is 6.31. The molecule has 2 aromatic heterocycles. The second-order valence-corrected chi connectivity index (χ2v) is 6.98. The highest BCUT2D eigenvalue weighted by molar-refractivity contribution is 7.90. The molecule has 0 saturated carbocycles. The molecular weight excluding hydrogens is 278 g/mol. The Morgan fingerprint density at radius 3 is 3.00 bits per heavy atom. The van der Waals surface area contributed by atoms with Crippen molar-refractivity contribution in [3.8, 4) is 0 Å². The van der Waals surface area contributed by atoms with Gasteiger partial charge in [-0.1, -0.05) is 0 Å². The van der Waals surface area contributed by atoms with E-state index in [1.54, 1.807) is 12.4 Å². The largest absolute Gasteiger partial charge is 0.356 e. The van der Waals surface area contributed by atoms with Crippen molar-refractivity contribution in [3.05, 3.63) is 30.1 Å². The topological polar surface area (TPSA) is 91.9 Å². The molecule has 0 radical (unpaired) electrons. The summed E-state index contributed by atoms with van der Waals surface area (Å²) >= 11 is 0. The van der Waals surface area contributed by atoms with Gasteiger partial charge in [0.25, 0.3) is 0 Å². The SMILES string of the molecule is CS(=O)(=O)CCCNC(=O)Cc1c[nH]c2ncccc12. The number of rotatable bonds is 6. The quantitative estimate of drug-likeness (QED) is 0.766. The van der Waals surface area contributed by atoms with Gasteiger partial charge in [0, 0.05) is 30.6 Å². The number of pyridine rings is 1. The third-order valence-corrected chi connectivity index (χ3v) is 3.93. The van der Waals surface area contributed by atoms with E-state index in [4.69, 9.17) is 0 Å². The zero-order valence-corrected chi connectivity index (χ0v) is 12.0. The molecule has 2 aromatic rings. The summed E-state index contributed by atoms with van der Waals surface area (Å²) in [6.07, 6.45) is 5.33. The first-order valence-corrected chi connectivity index (χ1v) is 8.37. The zero-order chi connectivity index (χ0) is 14.6. The van der Waals surface area contributed by atoms with Gasteiger partial charge in [-0.2, -0.15) is 0 Å². The molecule has 0 atom stereocenters. The van der Waals surface area contributed by atoms with Crippen molar-refractivity contribution >= 4 is 26.8 Å². The summed E-state index contributed by atoms with van der Waals surface area (Å²) < 4.78 is 21.9. The number of carbonyl (C=O) groups excluding carboxylic acids is 1. The number of aromatic amines is 1. The number of carbonyl (C=O) groups is 1. The summed E-state index contributed by atoms with van der Waals surface area (Å²) in [5.41, 5.74) is 1.64. The van der Waals surface area contributed by atoms with E-state index in [2.05, 4.69) is 15.3 Å². The maximum absolute atomic E-state index is 11.8. The Morgan fingerprint density at radius 1 is 1.45 bits per heavy atom. The molecular formula is C13H17N3O3S. The van der Waals surface area contributed by atoms with E-state index in [0.29, 0.717) is 13.0 Å². The molecule has 0 aliphatic rings. The molecule has 0 unspecified atom stereocenters. The van der Waals surface area contributed by atoms with E-state index < -0.39 is 9.84 Å². The number of hydrogen-bond acceptors (Lipinski definition) is 4. The molecule has 0 fully saturated rings. The van der Waals surface area contributed by atoms with Crippen molar-refractivity contribution in [2.45, 2.75) is 12.8 Å². The molecule has 2 N–H and O–H groups in total. The van der Waals surface area contributed by atoms with Gasteiger partial charge in [-0.25, -0.2) is 13.4 Å². The lowest BCUT2D eigenvalue weighted by Gasteiger charge is -2.04. The molecule has 0 aliphatic heterocycles. The maximum Gasteiger partial charge on any atom is 0.224 e. The number of hydrogen-bond donors (Lipinski definition) is 2. The molecule has 0 saturated heterocycles. The van der Waals surface area contributed by atoms with Crippen LogP contribution in [-0.2, 0) is 21.1 Å². The van der Waals surface area contributed by atoms with Gasteiger partial charge >= 0.3 is 0 Å². The molecule has 2 heterocycles. The molecule has 108 valence electrons. The fraction of sp³-hybridized carbons (Fsp3) is 0.385. The first kappa shape index (κ1) is 14.5. The molecule has 6 nitrogen and oxygen atoms in total. The van der Waals surface area contributed by atoms with Gasteiger partial charge in [0.05, 0.1) is 12.2 Å². The third kappa shape index (κ3) is 4.06. The van der Waals surface area contributed by atoms with E-state index >= 15 is 0 Å². The van der Waals surface area contributed by atoms with Crippen LogP contribution in [0.15, 0.2) is 24.5 Å². The monoisotopic (exact) mass is 295 g/mol. The van der Waals surface area contributed by atoms with Gasteiger partial charge in [0.2, 0.25) is 5.91 Å². The van der Waals surface area contributed by atoms with Crippen molar-refractivity contribution in [3.63, 3.8) is 0 Å². The van der Waals surface area contributed by atoms with Crippen LogP contribution >= 0.6 is 0 Å². The lowest BCUT2D eigenvalue weighted by atomic mass is 10.1. The minimum Gasteiger partial charge on any atom is -0.356 e. The summed E-state index contributed by atoms with van der Waals surface area (Å²) in [5, 5.41) is 3.65. The second-order valence-electron chi connectivity index (χ2n) is 4.72. The summed E-state index contributed by atoms with van der Waals surface area (Å²) in [5.74, 6) is -0.0344. The average molecular weight is 295 g/mol. The number of nitrogens with zero attached hydrogens (tertiary/aromatic N) is 1. The molecule has 20 heavy (non-hydrogen) atoms. The highest BCUT2D eigenvalue weighted by Crippen LogP contribution is 2.15. The predicted octanol–water partition coefficient (Wildman–Crippen LogP) is 0.656. The Kier molecular flexibility index (Phi) is 4.39. The van der Waals surface area contributed by atoms with Gasteiger partial charge in [0.15, 0.2) is 0 Å². The molecule has 0 spiro atoms. The van der Waals surface area contributed by atoms with Crippen molar-refractivity contribution in [1.82, 2.24) is 15.3 Å². The third-order valence-electron chi connectivity index (χ3n) is 2.90. The fourth-order valence-corrected chi connectivity index (χ4v) is 2.63. The molecule has 0 aromatic carbocycles. The van der Waals surface area contributed by atoms with Crippen molar-refractivity contribution < 1.29 is 13.2 Å². The Labute approximate surface area is 117 Å². The fourth-order valence-electron chi connectivity index (χ4n) is 1.96. The molecule has 0 aliphatic carbocycles. The summed E-state index contributed by atoms with van der Waals surface area (Å²) in [7, 11) is -2.97. The van der Waals surface area contributed by atoms with Crippen LogP contribution in [-0.4, -0.2) is 42.8 Å². The van der Waals surface area contributed by atoms with Crippen LogP contribution < -0.4 is 5.32 Å². The van der Waals surface area contributed by atoms with E-state index in [9.17, 15) is 13.2 Å². The normalized spacial score (nSPS) is 11.7. The first-order chi connectivity index (χ1) is 9.46. The lowest BCUT2D eigenvalue weighted by molar-refractivity contribution is -0.120. The molecule has 0 bridgehead atoms.